The fourth-order valence-electron chi connectivity index (χ4n) is 3.36. The SMILES string of the molecule is COC(=O)c1cccc(-c2cccc(OCCCCCCOC3CCCCO3)c2)n1. The second-order valence-corrected chi connectivity index (χ2v) is 7.36. The molecule has 1 aromatic heterocycles. The molecule has 1 saturated heterocycles. The highest BCUT2D eigenvalue weighted by molar-refractivity contribution is 5.87. The Kier molecular flexibility index (Phi) is 9.12. The van der Waals surface area contributed by atoms with Crippen LogP contribution in [0.25, 0.3) is 11.3 Å². The van der Waals surface area contributed by atoms with Gasteiger partial charge in [0, 0.05) is 18.8 Å². The van der Waals surface area contributed by atoms with Gasteiger partial charge in [-0.05, 0) is 62.8 Å². The van der Waals surface area contributed by atoms with Crippen LogP contribution in [0.1, 0.15) is 55.4 Å². The Morgan fingerprint density at radius 2 is 1.90 bits per heavy atom. The molecular formula is C24H31NO5. The molecule has 2 heterocycles. The Hall–Kier alpha value is -2.44. The fraction of sp³-hybridized carbons (Fsp3) is 0.500. The maximum atomic E-state index is 11.7. The van der Waals surface area contributed by atoms with E-state index < -0.39 is 5.97 Å². The number of ether oxygens (including phenoxy) is 4. The van der Waals surface area contributed by atoms with Crippen molar-refractivity contribution in [1.82, 2.24) is 4.98 Å². The molecule has 1 atom stereocenters. The van der Waals surface area contributed by atoms with Crippen molar-refractivity contribution in [2.24, 2.45) is 0 Å². The third-order valence-electron chi connectivity index (χ3n) is 5.02. The second-order valence-electron chi connectivity index (χ2n) is 7.36. The summed E-state index contributed by atoms with van der Waals surface area (Å²) in [6.45, 7) is 2.27. The molecule has 162 valence electrons. The third-order valence-corrected chi connectivity index (χ3v) is 5.02. The normalized spacial score (nSPS) is 16.2. The van der Waals surface area contributed by atoms with Gasteiger partial charge in [0.15, 0.2) is 6.29 Å². The van der Waals surface area contributed by atoms with Gasteiger partial charge < -0.3 is 18.9 Å². The lowest BCUT2D eigenvalue weighted by Gasteiger charge is -2.22. The first kappa shape index (κ1) is 22.2. The van der Waals surface area contributed by atoms with E-state index in [1.807, 2.05) is 30.3 Å². The fourth-order valence-corrected chi connectivity index (χ4v) is 3.36. The predicted octanol–water partition coefficient (Wildman–Crippen LogP) is 5.02. The number of hydrogen-bond acceptors (Lipinski definition) is 6. The van der Waals surface area contributed by atoms with Gasteiger partial charge in [-0.15, -0.1) is 0 Å². The summed E-state index contributed by atoms with van der Waals surface area (Å²) < 4.78 is 22.0. The van der Waals surface area contributed by atoms with Gasteiger partial charge >= 0.3 is 5.97 Å². The van der Waals surface area contributed by atoms with E-state index in [0.29, 0.717) is 18.0 Å². The van der Waals surface area contributed by atoms with Gasteiger partial charge in [0.05, 0.1) is 19.4 Å². The molecular weight excluding hydrogens is 382 g/mol. The van der Waals surface area contributed by atoms with Gasteiger partial charge in [0.2, 0.25) is 0 Å². The minimum Gasteiger partial charge on any atom is -0.494 e. The van der Waals surface area contributed by atoms with Crippen LogP contribution in [-0.4, -0.2) is 44.2 Å². The summed E-state index contributed by atoms with van der Waals surface area (Å²) in [5.41, 5.74) is 1.91. The van der Waals surface area contributed by atoms with Crippen LogP contribution in [0.15, 0.2) is 42.5 Å². The van der Waals surface area contributed by atoms with Crippen LogP contribution in [0.4, 0.5) is 0 Å². The maximum absolute atomic E-state index is 11.7. The summed E-state index contributed by atoms with van der Waals surface area (Å²) >= 11 is 0. The first-order chi connectivity index (χ1) is 14.8. The van der Waals surface area contributed by atoms with Gasteiger partial charge in [-0.3, -0.25) is 0 Å². The standard InChI is InChI=1S/C24H31NO5/c1-27-24(26)22-13-9-12-21(25-22)19-10-8-11-20(18-19)28-15-5-2-3-6-16-29-23-14-4-7-17-30-23/h8-13,18,23H,2-7,14-17H2,1H3. The molecule has 1 aliphatic rings. The Labute approximate surface area is 178 Å². The van der Waals surface area contributed by atoms with Crippen LogP contribution in [0, 0.1) is 0 Å². The minimum absolute atomic E-state index is 0.0113. The van der Waals surface area contributed by atoms with E-state index in [0.717, 1.165) is 63.1 Å². The van der Waals surface area contributed by atoms with Gasteiger partial charge in [-0.1, -0.05) is 24.6 Å². The smallest absolute Gasteiger partial charge is 0.356 e. The quantitative estimate of drug-likeness (QED) is 0.381. The summed E-state index contributed by atoms with van der Waals surface area (Å²) in [5, 5.41) is 0. The summed E-state index contributed by atoms with van der Waals surface area (Å²) in [4.78, 5) is 16.1. The molecule has 1 fully saturated rings. The van der Waals surface area contributed by atoms with E-state index in [-0.39, 0.29) is 6.29 Å². The van der Waals surface area contributed by atoms with Gasteiger partial charge in [0.1, 0.15) is 11.4 Å². The van der Waals surface area contributed by atoms with Crippen LogP contribution in [0.3, 0.4) is 0 Å². The van der Waals surface area contributed by atoms with E-state index in [9.17, 15) is 4.79 Å². The van der Waals surface area contributed by atoms with Crippen LogP contribution < -0.4 is 4.74 Å². The molecule has 30 heavy (non-hydrogen) atoms. The zero-order valence-corrected chi connectivity index (χ0v) is 17.7. The highest BCUT2D eigenvalue weighted by atomic mass is 16.7. The molecule has 1 aliphatic heterocycles. The summed E-state index contributed by atoms with van der Waals surface area (Å²) in [7, 11) is 1.35. The van der Waals surface area contributed by atoms with Crippen molar-refractivity contribution in [1.29, 1.82) is 0 Å². The average molecular weight is 414 g/mol. The molecule has 0 amide bonds. The number of rotatable bonds is 11. The number of hydrogen-bond donors (Lipinski definition) is 0. The molecule has 0 aliphatic carbocycles. The van der Waals surface area contributed by atoms with Crippen LogP contribution >= 0.6 is 0 Å². The first-order valence-corrected chi connectivity index (χ1v) is 10.8. The highest BCUT2D eigenvalue weighted by Gasteiger charge is 2.13. The van der Waals surface area contributed by atoms with Crippen molar-refractivity contribution in [3.63, 3.8) is 0 Å². The maximum Gasteiger partial charge on any atom is 0.356 e. The molecule has 0 bridgehead atoms. The number of nitrogens with zero attached hydrogens (tertiary/aromatic N) is 1. The van der Waals surface area contributed by atoms with E-state index in [1.54, 1.807) is 12.1 Å². The Bertz CT molecular complexity index is 789. The predicted molar refractivity (Wildman–Crippen MR) is 115 cm³/mol. The number of unbranched alkanes of at least 4 members (excludes halogenated alkanes) is 3. The second kappa shape index (κ2) is 12.3. The lowest BCUT2D eigenvalue weighted by molar-refractivity contribution is -0.162. The van der Waals surface area contributed by atoms with Crippen LogP contribution in [-0.2, 0) is 14.2 Å². The summed E-state index contributed by atoms with van der Waals surface area (Å²) in [5.74, 6) is 0.358. The Balaban J connectivity index is 1.36. The number of benzene rings is 1. The highest BCUT2D eigenvalue weighted by Crippen LogP contribution is 2.23. The Morgan fingerprint density at radius 3 is 2.70 bits per heavy atom. The molecule has 6 nitrogen and oxygen atoms in total. The molecule has 2 aromatic rings. The van der Waals surface area contributed by atoms with E-state index >= 15 is 0 Å². The van der Waals surface area contributed by atoms with Crippen molar-refractivity contribution in [2.75, 3.05) is 26.9 Å². The topological polar surface area (TPSA) is 66.9 Å². The summed E-state index contributed by atoms with van der Waals surface area (Å²) in [6, 6.07) is 13.1. The van der Waals surface area contributed by atoms with Crippen molar-refractivity contribution in [3.05, 3.63) is 48.2 Å². The molecule has 3 rings (SSSR count). The first-order valence-electron chi connectivity index (χ1n) is 10.8. The van der Waals surface area contributed by atoms with Gasteiger partial charge in [-0.25, -0.2) is 9.78 Å². The molecule has 0 N–H and O–H groups in total. The van der Waals surface area contributed by atoms with Gasteiger partial charge in [-0.2, -0.15) is 0 Å². The van der Waals surface area contributed by atoms with Crippen molar-refractivity contribution in [2.45, 2.75) is 51.2 Å². The van der Waals surface area contributed by atoms with Crippen LogP contribution in [0.5, 0.6) is 5.75 Å². The van der Waals surface area contributed by atoms with Crippen molar-refractivity contribution >= 4 is 5.97 Å². The van der Waals surface area contributed by atoms with E-state index in [2.05, 4.69) is 4.98 Å². The number of esters is 1. The van der Waals surface area contributed by atoms with Gasteiger partial charge in [0.25, 0.3) is 0 Å². The van der Waals surface area contributed by atoms with E-state index in [1.165, 1.54) is 13.5 Å². The molecule has 0 saturated carbocycles. The lowest BCUT2D eigenvalue weighted by atomic mass is 10.1. The Morgan fingerprint density at radius 1 is 1.07 bits per heavy atom. The molecule has 0 spiro atoms. The monoisotopic (exact) mass is 413 g/mol. The molecule has 6 heteroatoms. The summed E-state index contributed by atoms with van der Waals surface area (Å²) in [6.07, 6.45) is 7.68. The molecule has 1 unspecified atom stereocenters. The molecule has 1 aromatic carbocycles. The number of aromatic nitrogens is 1. The number of carbonyl (C=O) groups excluding carboxylic acids is 1. The average Bonchev–Trinajstić information content (AvgIpc) is 2.81. The number of methoxy groups -OCH3 is 1. The number of carbonyl (C=O) groups is 1. The zero-order valence-electron chi connectivity index (χ0n) is 17.7. The molecule has 0 radical (unpaired) electrons. The van der Waals surface area contributed by atoms with Crippen molar-refractivity contribution < 1.29 is 23.7 Å². The minimum atomic E-state index is -0.444. The van der Waals surface area contributed by atoms with Crippen LogP contribution in [0.2, 0.25) is 0 Å². The third kappa shape index (κ3) is 7.11. The zero-order chi connectivity index (χ0) is 21.0. The lowest BCUT2D eigenvalue weighted by Crippen LogP contribution is -2.22. The number of pyridine rings is 1. The van der Waals surface area contributed by atoms with Crippen molar-refractivity contribution in [3.8, 4) is 17.0 Å². The van der Waals surface area contributed by atoms with E-state index in [4.69, 9.17) is 18.9 Å². The largest absolute Gasteiger partial charge is 0.494 e.